The molecule has 2 aromatic rings. The zero-order valence-corrected chi connectivity index (χ0v) is 15.9. The van der Waals surface area contributed by atoms with Crippen molar-refractivity contribution < 1.29 is 18.4 Å². The van der Waals surface area contributed by atoms with Crippen LogP contribution in [0, 0.1) is 30.4 Å². The van der Waals surface area contributed by atoms with Gasteiger partial charge in [0.15, 0.2) is 0 Å². The molecule has 0 unspecified atom stereocenters. The molecular weight excluding hydrogens is 362 g/mol. The summed E-state index contributed by atoms with van der Waals surface area (Å²) >= 11 is 0. The Morgan fingerprint density at radius 2 is 1.79 bits per heavy atom. The molecule has 0 aromatic heterocycles. The van der Waals surface area contributed by atoms with Gasteiger partial charge in [0.2, 0.25) is 5.91 Å². The fraction of sp³-hybridized carbons (Fsp3) is 0.364. The van der Waals surface area contributed by atoms with E-state index < -0.39 is 11.9 Å². The van der Waals surface area contributed by atoms with Crippen LogP contribution in [-0.4, -0.2) is 41.2 Å². The Morgan fingerprint density at radius 1 is 1.04 bits per heavy atom. The van der Waals surface area contributed by atoms with Crippen molar-refractivity contribution in [3.05, 3.63) is 70.8 Å². The fourth-order valence-electron chi connectivity index (χ4n) is 4.68. The number of carbonyl (C=O) groups is 2. The lowest BCUT2D eigenvalue weighted by Gasteiger charge is -2.30. The smallest absolute Gasteiger partial charge is 0.257 e. The molecule has 6 heteroatoms. The highest BCUT2D eigenvalue weighted by Gasteiger charge is 2.50. The number of carbonyl (C=O) groups excluding carboxylic acids is 2. The number of halogens is 2. The first-order valence-electron chi connectivity index (χ1n) is 9.44. The Morgan fingerprint density at radius 3 is 2.46 bits per heavy atom. The minimum absolute atomic E-state index is 0.00160. The quantitative estimate of drug-likeness (QED) is 0.794. The molecule has 146 valence electrons. The topological polar surface area (TPSA) is 40.6 Å². The summed E-state index contributed by atoms with van der Waals surface area (Å²) in [6.07, 6.45) is 0. The van der Waals surface area contributed by atoms with Crippen LogP contribution in [0.15, 0.2) is 42.5 Å². The molecule has 2 aliphatic rings. The van der Waals surface area contributed by atoms with Crippen molar-refractivity contribution in [3.63, 3.8) is 0 Å². The number of nitrogens with zero attached hydrogens (tertiary/aromatic N) is 2. The molecule has 3 atom stereocenters. The Kier molecular flexibility index (Phi) is 4.65. The molecule has 0 saturated carbocycles. The standard InChI is InChI=1S/C22H22F2N2O2/c1-13-5-3-8-19(24)20(13)22(28)26-11-16-10-25(14(2)27)12-18(16)21(26)15-6-4-7-17(23)9-15/h3-9,16,18,21H,10-12H2,1-2H3/t16-,18-,21-/m0/s1. The van der Waals surface area contributed by atoms with Crippen LogP contribution in [0.2, 0.25) is 0 Å². The number of hydrogen-bond donors (Lipinski definition) is 0. The summed E-state index contributed by atoms with van der Waals surface area (Å²) in [4.78, 5) is 28.6. The largest absolute Gasteiger partial charge is 0.342 e. The third-order valence-electron chi connectivity index (χ3n) is 6.00. The van der Waals surface area contributed by atoms with Crippen LogP contribution in [-0.2, 0) is 4.79 Å². The highest BCUT2D eigenvalue weighted by Crippen LogP contribution is 2.45. The summed E-state index contributed by atoms with van der Waals surface area (Å²) in [5.41, 5.74) is 1.32. The van der Waals surface area contributed by atoms with Crippen LogP contribution in [0.3, 0.4) is 0 Å². The molecule has 0 bridgehead atoms. The molecule has 2 heterocycles. The monoisotopic (exact) mass is 384 g/mol. The van der Waals surface area contributed by atoms with E-state index in [0.29, 0.717) is 30.8 Å². The van der Waals surface area contributed by atoms with E-state index >= 15 is 0 Å². The minimum atomic E-state index is -0.551. The fourth-order valence-corrected chi connectivity index (χ4v) is 4.68. The van der Waals surface area contributed by atoms with Crippen molar-refractivity contribution >= 4 is 11.8 Å². The maximum Gasteiger partial charge on any atom is 0.257 e. The summed E-state index contributed by atoms with van der Waals surface area (Å²) < 4.78 is 28.4. The van der Waals surface area contributed by atoms with Gasteiger partial charge in [-0.15, -0.1) is 0 Å². The molecule has 2 fully saturated rings. The number of rotatable bonds is 2. The molecule has 0 aliphatic carbocycles. The number of fused-ring (bicyclic) bond motifs is 1. The molecule has 28 heavy (non-hydrogen) atoms. The van der Waals surface area contributed by atoms with Gasteiger partial charge in [-0.1, -0.05) is 24.3 Å². The molecule has 2 aliphatic heterocycles. The lowest BCUT2D eigenvalue weighted by atomic mass is 9.89. The van der Waals surface area contributed by atoms with Gasteiger partial charge >= 0.3 is 0 Å². The first-order valence-corrected chi connectivity index (χ1v) is 9.44. The van der Waals surface area contributed by atoms with Crippen molar-refractivity contribution in [2.24, 2.45) is 11.8 Å². The van der Waals surface area contributed by atoms with E-state index in [1.807, 2.05) is 0 Å². The van der Waals surface area contributed by atoms with Crippen LogP contribution < -0.4 is 0 Å². The Balaban J connectivity index is 1.74. The van der Waals surface area contributed by atoms with Gasteiger partial charge in [-0.2, -0.15) is 0 Å². The third kappa shape index (κ3) is 3.07. The molecule has 2 aromatic carbocycles. The maximum absolute atomic E-state index is 14.4. The van der Waals surface area contributed by atoms with E-state index in [1.54, 1.807) is 41.0 Å². The zero-order chi connectivity index (χ0) is 20.0. The minimum Gasteiger partial charge on any atom is -0.342 e. The van der Waals surface area contributed by atoms with E-state index in [1.165, 1.54) is 25.1 Å². The predicted molar refractivity (Wildman–Crippen MR) is 101 cm³/mol. The van der Waals surface area contributed by atoms with Crippen LogP contribution in [0.1, 0.15) is 34.5 Å². The summed E-state index contributed by atoms with van der Waals surface area (Å²) in [6, 6.07) is 10.4. The molecule has 2 saturated heterocycles. The van der Waals surface area contributed by atoms with Crippen molar-refractivity contribution in [1.29, 1.82) is 0 Å². The average molecular weight is 384 g/mol. The highest BCUT2D eigenvalue weighted by atomic mass is 19.1. The molecule has 0 radical (unpaired) electrons. The van der Waals surface area contributed by atoms with Gasteiger partial charge in [0.25, 0.3) is 5.91 Å². The summed E-state index contributed by atoms with van der Waals surface area (Å²) in [5.74, 6) is -1.22. The highest BCUT2D eigenvalue weighted by molar-refractivity contribution is 5.96. The molecule has 0 N–H and O–H groups in total. The summed E-state index contributed by atoms with van der Waals surface area (Å²) in [6.45, 7) is 4.74. The second kappa shape index (κ2) is 7.00. The molecule has 2 amide bonds. The number of hydrogen-bond acceptors (Lipinski definition) is 2. The van der Waals surface area contributed by atoms with Crippen LogP contribution in [0.25, 0.3) is 0 Å². The van der Waals surface area contributed by atoms with Crippen LogP contribution >= 0.6 is 0 Å². The van der Waals surface area contributed by atoms with E-state index in [-0.39, 0.29) is 35.0 Å². The van der Waals surface area contributed by atoms with E-state index in [2.05, 4.69) is 0 Å². The number of aryl methyl sites for hydroxylation is 1. The number of benzene rings is 2. The van der Waals surface area contributed by atoms with Gasteiger partial charge in [0, 0.05) is 38.4 Å². The second-order valence-electron chi connectivity index (χ2n) is 7.74. The Bertz CT molecular complexity index is 926. The zero-order valence-electron chi connectivity index (χ0n) is 15.9. The van der Waals surface area contributed by atoms with Gasteiger partial charge < -0.3 is 9.80 Å². The van der Waals surface area contributed by atoms with Crippen molar-refractivity contribution in [1.82, 2.24) is 9.80 Å². The van der Waals surface area contributed by atoms with Gasteiger partial charge in [-0.3, -0.25) is 9.59 Å². The van der Waals surface area contributed by atoms with E-state index in [4.69, 9.17) is 0 Å². The normalized spacial score (nSPS) is 23.8. The van der Waals surface area contributed by atoms with Crippen LogP contribution in [0.4, 0.5) is 8.78 Å². The van der Waals surface area contributed by atoms with Crippen molar-refractivity contribution in [3.8, 4) is 0 Å². The predicted octanol–water partition coefficient (Wildman–Crippen LogP) is 3.56. The second-order valence-corrected chi connectivity index (χ2v) is 7.74. The average Bonchev–Trinajstić information content (AvgIpc) is 3.19. The summed E-state index contributed by atoms with van der Waals surface area (Å²) in [5, 5.41) is 0. The van der Waals surface area contributed by atoms with Crippen molar-refractivity contribution in [2.45, 2.75) is 19.9 Å². The lowest BCUT2D eigenvalue weighted by molar-refractivity contribution is -0.128. The van der Waals surface area contributed by atoms with Gasteiger partial charge in [-0.25, -0.2) is 8.78 Å². The van der Waals surface area contributed by atoms with Gasteiger partial charge in [0.1, 0.15) is 11.6 Å². The van der Waals surface area contributed by atoms with E-state index in [0.717, 1.165) is 0 Å². The van der Waals surface area contributed by atoms with Crippen LogP contribution in [0.5, 0.6) is 0 Å². The Hall–Kier alpha value is -2.76. The number of amides is 2. The third-order valence-corrected chi connectivity index (χ3v) is 6.00. The van der Waals surface area contributed by atoms with Gasteiger partial charge in [-0.05, 0) is 36.2 Å². The SMILES string of the molecule is CC(=O)N1C[C@H]2CN(C(=O)c3c(C)cccc3F)[C@@H](c3cccc(F)c3)[C@H]2C1. The molecular formula is C22H22F2N2O2. The first kappa shape index (κ1) is 18.6. The molecule has 0 spiro atoms. The maximum atomic E-state index is 14.4. The molecule has 4 rings (SSSR count). The summed E-state index contributed by atoms with van der Waals surface area (Å²) in [7, 11) is 0. The van der Waals surface area contributed by atoms with Crippen molar-refractivity contribution in [2.75, 3.05) is 19.6 Å². The first-order chi connectivity index (χ1) is 13.4. The lowest BCUT2D eigenvalue weighted by Crippen LogP contribution is -2.37. The Labute approximate surface area is 162 Å². The van der Waals surface area contributed by atoms with Gasteiger partial charge in [0.05, 0.1) is 11.6 Å². The number of likely N-dealkylation sites (tertiary alicyclic amines) is 2. The van der Waals surface area contributed by atoms with E-state index in [9.17, 15) is 18.4 Å². The molecule has 4 nitrogen and oxygen atoms in total.